The van der Waals surface area contributed by atoms with Crippen molar-refractivity contribution in [1.29, 1.82) is 0 Å². The number of fused-ring (bicyclic) bond motifs is 2. The van der Waals surface area contributed by atoms with Gasteiger partial charge in [0, 0.05) is 30.2 Å². The first-order valence-electron chi connectivity index (χ1n) is 12.9. The minimum atomic E-state index is -1.04. The van der Waals surface area contributed by atoms with Crippen molar-refractivity contribution in [2.75, 3.05) is 39.4 Å². The van der Waals surface area contributed by atoms with Gasteiger partial charge in [0.05, 0.1) is 25.2 Å². The zero-order valence-electron chi connectivity index (χ0n) is 20.8. The second-order valence-electron chi connectivity index (χ2n) is 9.53. The molecular formula is C29H33N3O4. The van der Waals surface area contributed by atoms with Crippen molar-refractivity contribution in [2.24, 2.45) is 0 Å². The summed E-state index contributed by atoms with van der Waals surface area (Å²) in [5, 5.41) is 0.922. The van der Waals surface area contributed by atoms with Gasteiger partial charge in [-0.1, -0.05) is 24.3 Å². The number of aromatic nitrogens is 1. The molecule has 7 nitrogen and oxygen atoms in total. The first kappa shape index (κ1) is 24.3. The molecule has 0 aliphatic carbocycles. The molecule has 3 heterocycles. The van der Waals surface area contributed by atoms with Gasteiger partial charge in [-0.25, -0.2) is 0 Å². The van der Waals surface area contributed by atoms with Crippen LogP contribution in [0.2, 0.25) is 0 Å². The Morgan fingerprint density at radius 2 is 1.94 bits per heavy atom. The summed E-state index contributed by atoms with van der Waals surface area (Å²) in [6, 6.07) is 17.5. The van der Waals surface area contributed by atoms with E-state index in [1.165, 1.54) is 5.56 Å². The number of para-hydroxylation sites is 1. The first-order chi connectivity index (χ1) is 17.6. The third kappa shape index (κ3) is 4.93. The van der Waals surface area contributed by atoms with Crippen molar-refractivity contribution in [2.45, 2.75) is 38.2 Å². The molecule has 0 radical (unpaired) electrons. The number of pyridine rings is 1. The molecule has 7 heteroatoms. The second kappa shape index (κ2) is 10.7. The van der Waals surface area contributed by atoms with Crippen LogP contribution in [-0.2, 0) is 16.0 Å². The highest BCUT2D eigenvalue weighted by molar-refractivity contribution is 5.98. The maximum absolute atomic E-state index is 13.9. The third-order valence-corrected chi connectivity index (χ3v) is 7.25. The Balaban J connectivity index is 1.39. The maximum Gasteiger partial charge on any atom is 0.256 e. The average Bonchev–Trinajstić information content (AvgIpc) is 2.92. The van der Waals surface area contributed by atoms with Crippen LogP contribution in [0.3, 0.4) is 0 Å². The van der Waals surface area contributed by atoms with Crippen LogP contribution in [0, 0.1) is 0 Å². The standard InChI is InChI=1S/C29H33N3O4/c1-2-31-16-18-35-26-11-4-3-8-22(26)9-5-6-14-29(28(31)34)21-32(17-19-36-29)27(33)24-12-13-25-23(20-24)10-7-15-30-25/h3-4,7-8,10-13,15,20H,2,5-6,9,14,16-19,21H2,1H3. The highest BCUT2D eigenvalue weighted by Gasteiger charge is 2.46. The van der Waals surface area contributed by atoms with Gasteiger partial charge in [0.15, 0.2) is 5.60 Å². The van der Waals surface area contributed by atoms with E-state index in [0.29, 0.717) is 44.8 Å². The molecule has 1 unspecified atom stereocenters. The Bertz CT molecular complexity index is 1250. The van der Waals surface area contributed by atoms with Crippen LogP contribution in [-0.4, -0.2) is 71.6 Å². The number of amides is 2. The molecule has 2 aromatic carbocycles. The Labute approximate surface area is 212 Å². The van der Waals surface area contributed by atoms with Crippen LogP contribution in [0.5, 0.6) is 5.75 Å². The molecule has 5 rings (SSSR count). The molecule has 1 spiro atoms. The number of morpholine rings is 1. The zero-order valence-corrected chi connectivity index (χ0v) is 20.8. The predicted octanol–water partition coefficient (Wildman–Crippen LogP) is 4.10. The molecule has 1 atom stereocenters. The highest BCUT2D eigenvalue weighted by atomic mass is 16.5. The van der Waals surface area contributed by atoms with Crippen molar-refractivity contribution in [3.8, 4) is 5.75 Å². The second-order valence-corrected chi connectivity index (χ2v) is 9.53. The van der Waals surface area contributed by atoms with Crippen LogP contribution in [0.15, 0.2) is 60.8 Å². The minimum absolute atomic E-state index is 0.0531. The number of hydrogen-bond donors (Lipinski definition) is 0. The lowest BCUT2D eigenvalue weighted by Gasteiger charge is -2.44. The van der Waals surface area contributed by atoms with Gasteiger partial charge in [0.2, 0.25) is 0 Å². The fraction of sp³-hybridized carbons (Fsp3) is 0.414. The van der Waals surface area contributed by atoms with E-state index in [4.69, 9.17) is 9.47 Å². The quantitative estimate of drug-likeness (QED) is 0.544. The fourth-order valence-corrected chi connectivity index (χ4v) is 5.27. The predicted molar refractivity (Wildman–Crippen MR) is 138 cm³/mol. The molecule has 36 heavy (non-hydrogen) atoms. The number of carbonyl (C=O) groups excluding carboxylic acids is 2. The molecule has 0 bridgehead atoms. The number of carbonyl (C=O) groups is 2. The van der Waals surface area contributed by atoms with Crippen molar-refractivity contribution < 1.29 is 19.1 Å². The van der Waals surface area contributed by atoms with Gasteiger partial charge in [0.1, 0.15) is 12.4 Å². The van der Waals surface area contributed by atoms with Crippen molar-refractivity contribution >= 4 is 22.7 Å². The molecule has 2 amide bonds. The molecule has 1 saturated heterocycles. The summed E-state index contributed by atoms with van der Waals surface area (Å²) in [7, 11) is 0. The number of likely N-dealkylation sites (N-methyl/N-ethyl adjacent to an activating group) is 1. The first-order valence-corrected chi connectivity index (χ1v) is 12.9. The number of ether oxygens (including phenoxy) is 2. The molecule has 1 aromatic heterocycles. The summed E-state index contributed by atoms with van der Waals surface area (Å²) >= 11 is 0. The van der Waals surface area contributed by atoms with E-state index in [1.54, 1.807) is 16.0 Å². The Kier molecular flexibility index (Phi) is 7.18. The third-order valence-electron chi connectivity index (χ3n) is 7.25. The van der Waals surface area contributed by atoms with E-state index >= 15 is 0 Å². The van der Waals surface area contributed by atoms with E-state index in [2.05, 4.69) is 11.1 Å². The van der Waals surface area contributed by atoms with E-state index < -0.39 is 5.60 Å². The smallest absolute Gasteiger partial charge is 0.256 e. The van der Waals surface area contributed by atoms with Gasteiger partial charge < -0.3 is 19.3 Å². The lowest BCUT2D eigenvalue weighted by atomic mass is 9.90. The van der Waals surface area contributed by atoms with Gasteiger partial charge in [-0.15, -0.1) is 0 Å². The molecular weight excluding hydrogens is 454 g/mol. The van der Waals surface area contributed by atoms with Crippen molar-refractivity contribution in [3.63, 3.8) is 0 Å². The summed E-state index contributed by atoms with van der Waals surface area (Å²) in [6.45, 7) is 4.47. The zero-order chi connectivity index (χ0) is 25.0. The van der Waals surface area contributed by atoms with Gasteiger partial charge in [-0.05, 0) is 68.5 Å². The molecule has 1 fully saturated rings. The van der Waals surface area contributed by atoms with E-state index in [0.717, 1.165) is 35.9 Å². The maximum atomic E-state index is 13.9. The average molecular weight is 488 g/mol. The lowest BCUT2D eigenvalue weighted by molar-refractivity contribution is -0.170. The summed E-state index contributed by atoms with van der Waals surface area (Å²) in [4.78, 5) is 35.4. The molecule has 3 aromatic rings. The summed E-state index contributed by atoms with van der Waals surface area (Å²) < 4.78 is 12.3. The minimum Gasteiger partial charge on any atom is -0.491 e. The van der Waals surface area contributed by atoms with Crippen molar-refractivity contribution in [1.82, 2.24) is 14.8 Å². The van der Waals surface area contributed by atoms with Gasteiger partial charge in [0.25, 0.3) is 11.8 Å². The van der Waals surface area contributed by atoms with Crippen LogP contribution in [0.25, 0.3) is 10.9 Å². The largest absolute Gasteiger partial charge is 0.491 e. The summed E-state index contributed by atoms with van der Waals surface area (Å²) in [5.74, 6) is 0.762. The van der Waals surface area contributed by atoms with E-state index in [9.17, 15) is 9.59 Å². The Morgan fingerprint density at radius 1 is 1.06 bits per heavy atom. The van der Waals surface area contributed by atoms with Gasteiger partial charge in [-0.2, -0.15) is 0 Å². The van der Waals surface area contributed by atoms with Gasteiger partial charge in [-0.3, -0.25) is 14.6 Å². The monoisotopic (exact) mass is 487 g/mol. The van der Waals surface area contributed by atoms with Crippen molar-refractivity contribution in [3.05, 3.63) is 71.9 Å². The number of aryl methyl sites for hydroxylation is 1. The summed E-state index contributed by atoms with van der Waals surface area (Å²) in [6.07, 6.45) is 4.94. The number of nitrogens with zero attached hydrogens (tertiary/aromatic N) is 3. The van der Waals surface area contributed by atoms with Crippen LogP contribution >= 0.6 is 0 Å². The SMILES string of the molecule is CCN1CCOc2ccccc2CCCCC2(CN(C(=O)c3ccc4ncccc4c3)CCO2)C1=O. The highest BCUT2D eigenvalue weighted by Crippen LogP contribution is 2.30. The lowest BCUT2D eigenvalue weighted by Crippen LogP contribution is -2.62. The van der Waals surface area contributed by atoms with Crippen LogP contribution < -0.4 is 4.74 Å². The fourth-order valence-electron chi connectivity index (χ4n) is 5.27. The van der Waals surface area contributed by atoms with Crippen LogP contribution in [0.4, 0.5) is 0 Å². The Morgan fingerprint density at radius 3 is 2.83 bits per heavy atom. The number of rotatable bonds is 2. The van der Waals surface area contributed by atoms with E-state index in [-0.39, 0.29) is 18.4 Å². The van der Waals surface area contributed by atoms with Crippen LogP contribution in [0.1, 0.15) is 42.1 Å². The molecule has 188 valence electrons. The number of benzene rings is 2. The molecule has 0 N–H and O–H groups in total. The Hall–Kier alpha value is -3.45. The normalized spacial score (nSPS) is 21.4. The number of hydrogen-bond acceptors (Lipinski definition) is 5. The topological polar surface area (TPSA) is 72.0 Å². The van der Waals surface area contributed by atoms with Gasteiger partial charge >= 0.3 is 0 Å². The molecule has 0 saturated carbocycles. The van der Waals surface area contributed by atoms with E-state index in [1.807, 2.05) is 55.5 Å². The summed E-state index contributed by atoms with van der Waals surface area (Å²) in [5.41, 5.74) is 1.60. The molecule has 2 aliphatic rings. The molecule has 2 aliphatic heterocycles.